The number of hydrogen-bond donors (Lipinski definition) is 1. The van der Waals surface area contributed by atoms with E-state index in [4.69, 9.17) is 4.74 Å². The van der Waals surface area contributed by atoms with Crippen LogP contribution in [0.2, 0.25) is 0 Å². The first-order valence-corrected chi connectivity index (χ1v) is 6.78. The van der Waals surface area contributed by atoms with Gasteiger partial charge in [-0.25, -0.2) is 8.78 Å². The molecule has 21 heavy (non-hydrogen) atoms. The number of rotatable bonds is 6. The zero-order chi connectivity index (χ0) is 15.2. The van der Waals surface area contributed by atoms with E-state index in [1.807, 2.05) is 13.8 Å². The summed E-state index contributed by atoms with van der Waals surface area (Å²) in [4.78, 5) is 3.72. The van der Waals surface area contributed by atoms with Gasteiger partial charge < -0.3 is 10.1 Å². The number of benzene rings is 1. The van der Waals surface area contributed by atoms with Crippen LogP contribution in [0.4, 0.5) is 8.78 Å². The SMILES string of the molecule is CC(C)NCc1ccc(OCc2cncc(F)c2)c(F)c1. The van der Waals surface area contributed by atoms with Crippen molar-refractivity contribution >= 4 is 0 Å². The average Bonchev–Trinajstić information content (AvgIpc) is 2.44. The van der Waals surface area contributed by atoms with E-state index in [0.29, 0.717) is 18.2 Å². The van der Waals surface area contributed by atoms with Crippen LogP contribution in [-0.4, -0.2) is 11.0 Å². The molecule has 1 aromatic heterocycles. The summed E-state index contributed by atoms with van der Waals surface area (Å²) in [5, 5.41) is 3.22. The van der Waals surface area contributed by atoms with Crippen molar-refractivity contribution in [2.45, 2.75) is 33.0 Å². The van der Waals surface area contributed by atoms with Gasteiger partial charge in [-0.2, -0.15) is 0 Å². The van der Waals surface area contributed by atoms with Crippen molar-refractivity contribution in [3.8, 4) is 5.75 Å². The molecular weight excluding hydrogens is 274 g/mol. The highest BCUT2D eigenvalue weighted by molar-refractivity contribution is 5.29. The van der Waals surface area contributed by atoms with Crippen LogP contribution in [0.3, 0.4) is 0 Å². The summed E-state index contributed by atoms with van der Waals surface area (Å²) in [6.07, 6.45) is 2.60. The van der Waals surface area contributed by atoms with Crippen LogP contribution in [0.5, 0.6) is 5.75 Å². The number of aromatic nitrogens is 1. The Kier molecular flexibility index (Phi) is 5.22. The molecule has 0 atom stereocenters. The largest absolute Gasteiger partial charge is 0.486 e. The monoisotopic (exact) mass is 292 g/mol. The molecule has 3 nitrogen and oxygen atoms in total. The van der Waals surface area contributed by atoms with Crippen molar-refractivity contribution in [2.75, 3.05) is 0 Å². The molecule has 1 N–H and O–H groups in total. The molecule has 2 rings (SSSR count). The molecule has 0 fully saturated rings. The van der Waals surface area contributed by atoms with E-state index >= 15 is 0 Å². The summed E-state index contributed by atoms with van der Waals surface area (Å²) in [5.41, 5.74) is 1.40. The number of ether oxygens (including phenoxy) is 1. The van der Waals surface area contributed by atoms with E-state index in [2.05, 4.69) is 10.3 Å². The Balaban J connectivity index is 1.97. The summed E-state index contributed by atoms with van der Waals surface area (Å²) in [7, 11) is 0. The molecule has 0 unspecified atom stereocenters. The highest BCUT2D eigenvalue weighted by Crippen LogP contribution is 2.19. The third kappa shape index (κ3) is 4.79. The van der Waals surface area contributed by atoms with Crippen LogP contribution < -0.4 is 10.1 Å². The number of nitrogens with one attached hydrogen (secondary N) is 1. The molecule has 0 bridgehead atoms. The third-order valence-corrected chi connectivity index (χ3v) is 2.87. The van der Waals surface area contributed by atoms with Gasteiger partial charge in [-0.15, -0.1) is 0 Å². The maximum atomic E-state index is 13.9. The van der Waals surface area contributed by atoms with Crippen molar-refractivity contribution < 1.29 is 13.5 Å². The number of halogens is 2. The molecule has 0 saturated heterocycles. The normalized spacial score (nSPS) is 10.9. The van der Waals surface area contributed by atoms with Gasteiger partial charge in [0.1, 0.15) is 12.4 Å². The Labute approximate surface area is 123 Å². The summed E-state index contributed by atoms with van der Waals surface area (Å²) >= 11 is 0. The molecule has 2 aromatic rings. The summed E-state index contributed by atoms with van der Waals surface area (Å²) in [5.74, 6) is -0.721. The summed E-state index contributed by atoms with van der Waals surface area (Å²) in [6, 6.07) is 6.47. The fourth-order valence-electron chi connectivity index (χ4n) is 1.79. The minimum absolute atomic E-state index is 0.0747. The molecule has 0 amide bonds. The predicted molar refractivity (Wildman–Crippen MR) is 76.9 cm³/mol. The van der Waals surface area contributed by atoms with Gasteiger partial charge in [-0.3, -0.25) is 4.98 Å². The zero-order valence-corrected chi connectivity index (χ0v) is 12.1. The molecule has 112 valence electrons. The van der Waals surface area contributed by atoms with Crippen molar-refractivity contribution in [2.24, 2.45) is 0 Å². The second-order valence-corrected chi connectivity index (χ2v) is 5.10. The van der Waals surface area contributed by atoms with Crippen molar-refractivity contribution in [1.29, 1.82) is 0 Å². The minimum atomic E-state index is -0.438. The maximum absolute atomic E-state index is 13.9. The third-order valence-electron chi connectivity index (χ3n) is 2.87. The Morgan fingerprint density at radius 1 is 1.14 bits per heavy atom. The standard InChI is InChI=1S/C16H18F2N2O/c1-11(2)20-8-12-3-4-16(15(18)6-12)21-10-13-5-14(17)9-19-7-13/h3-7,9,11,20H,8,10H2,1-2H3. The Morgan fingerprint density at radius 3 is 2.62 bits per heavy atom. The Morgan fingerprint density at radius 2 is 1.95 bits per heavy atom. The molecular formula is C16H18F2N2O. The minimum Gasteiger partial charge on any atom is -0.486 e. The quantitative estimate of drug-likeness (QED) is 0.885. The first kappa shape index (κ1) is 15.4. The lowest BCUT2D eigenvalue weighted by atomic mass is 10.2. The van der Waals surface area contributed by atoms with E-state index in [-0.39, 0.29) is 12.4 Å². The van der Waals surface area contributed by atoms with Gasteiger partial charge in [-0.05, 0) is 23.8 Å². The topological polar surface area (TPSA) is 34.1 Å². The lowest BCUT2D eigenvalue weighted by Gasteiger charge is -2.11. The van der Waals surface area contributed by atoms with Gasteiger partial charge >= 0.3 is 0 Å². The Hall–Kier alpha value is -2.01. The maximum Gasteiger partial charge on any atom is 0.165 e. The molecule has 1 aromatic carbocycles. The molecule has 0 aliphatic heterocycles. The molecule has 0 radical (unpaired) electrons. The van der Waals surface area contributed by atoms with Gasteiger partial charge in [0.15, 0.2) is 11.6 Å². The molecule has 0 aliphatic carbocycles. The van der Waals surface area contributed by atoms with Crippen molar-refractivity contribution in [1.82, 2.24) is 10.3 Å². The number of pyridine rings is 1. The summed E-state index contributed by atoms with van der Waals surface area (Å²) in [6.45, 7) is 4.73. The number of hydrogen-bond acceptors (Lipinski definition) is 3. The van der Waals surface area contributed by atoms with Crippen LogP contribution in [0.1, 0.15) is 25.0 Å². The Bertz CT molecular complexity index is 603. The van der Waals surface area contributed by atoms with Crippen LogP contribution in [0.15, 0.2) is 36.7 Å². The van der Waals surface area contributed by atoms with Crippen LogP contribution in [-0.2, 0) is 13.2 Å². The lowest BCUT2D eigenvalue weighted by Crippen LogP contribution is -2.21. The van der Waals surface area contributed by atoms with Gasteiger partial charge in [-0.1, -0.05) is 19.9 Å². The smallest absolute Gasteiger partial charge is 0.165 e. The van der Waals surface area contributed by atoms with Crippen LogP contribution in [0, 0.1) is 11.6 Å². The molecule has 0 aliphatic rings. The molecule has 5 heteroatoms. The average molecular weight is 292 g/mol. The van der Waals surface area contributed by atoms with Crippen LogP contribution in [0.25, 0.3) is 0 Å². The van der Waals surface area contributed by atoms with Crippen molar-refractivity contribution in [3.63, 3.8) is 0 Å². The molecule has 0 saturated carbocycles. The van der Waals surface area contributed by atoms with Gasteiger partial charge in [0.2, 0.25) is 0 Å². The van der Waals surface area contributed by atoms with Crippen LogP contribution >= 0.6 is 0 Å². The van der Waals surface area contributed by atoms with Gasteiger partial charge in [0, 0.05) is 24.3 Å². The van der Waals surface area contributed by atoms with E-state index in [9.17, 15) is 8.78 Å². The highest BCUT2D eigenvalue weighted by atomic mass is 19.1. The molecule has 1 heterocycles. The second kappa shape index (κ2) is 7.13. The van der Waals surface area contributed by atoms with E-state index in [0.717, 1.165) is 11.8 Å². The first-order valence-electron chi connectivity index (χ1n) is 6.78. The predicted octanol–water partition coefficient (Wildman–Crippen LogP) is 3.44. The first-order chi connectivity index (χ1) is 10.0. The van der Waals surface area contributed by atoms with E-state index < -0.39 is 11.6 Å². The van der Waals surface area contributed by atoms with Crippen molar-refractivity contribution in [3.05, 3.63) is 59.4 Å². The van der Waals surface area contributed by atoms with Gasteiger partial charge in [0.25, 0.3) is 0 Å². The zero-order valence-electron chi connectivity index (χ0n) is 12.1. The second-order valence-electron chi connectivity index (χ2n) is 5.10. The lowest BCUT2D eigenvalue weighted by molar-refractivity contribution is 0.289. The van der Waals surface area contributed by atoms with Gasteiger partial charge in [0.05, 0.1) is 6.20 Å². The fraction of sp³-hybridized carbons (Fsp3) is 0.312. The highest BCUT2D eigenvalue weighted by Gasteiger charge is 2.06. The van der Waals surface area contributed by atoms with E-state index in [1.165, 1.54) is 18.3 Å². The van der Waals surface area contributed by atoms with E-state index in [1.54, 1.807) is 12.1 Å². The number of nitrogens with zero attached hydrogens (tertiary/aromatic N) is 1. The fourth-order valence-corrected chi connectivity index (χ4v) is 1.79. The molecule has 0 spiro atoms. The summed E-state index contributed by atoms with van der Waals surface area (Å²) < 4.78 is 32.2.